The molecule has 0 saturated carbocycles. The van der Waals surface area contributed by atoms with Gasteiger partial charge in [-0.2, -0.15) is 0 Å². The largest absolute Gasteiger partial charge is 0.372 e. The number of hydrogen-bond donors (Lipinski definition) is 0. The fourth-order valence-corrected chi connectivity index (χ4v) is 4.04. The topological polar surface area (TPSA) is 45.7 Å². The molecule has 0 spiro atoms. The maximum absolute atomic E-state index is 12.4. The Morgan fingerprint density at radius 3 is 3.00 bits per heavy atom. The molecule has 3 heterocycles. The molecule has 3 atom stereocenters. The van der Waals surface area contributed by atoms with Crippen molar-refractivity contribution in [2.24, 2.45) is 5.92 Å². The number of Topliss-reactive ketones (excluding diaryl/α,β-unsaturated/α-hetero) is 1. The Morgan fingerprint density at radius 1 is 1.50 bits per heavy atom. The normalized spacial score (nSPS) is 28.5. The molecule has 0 radical (unpaired) electrons. The molecule has 0 aliphatic carbocycles. The van der Waals surface area contributed by atoms with Gasteiger partial charge in [0.05, 0.1) is 22.9 Å². The number of aromatic nitrogens is 1. The summed E-state index contributed by atoms with van der Waals surface area (Å²) < 4.78 is 6.02. The van der Waals surface area contributed by atoms with E-state index in [0.29, 0.717) is 12.2 Å². The van der Waals surface area contributed by atoms with Crippen LogP contribution in [0.4, 0.5) is 0 Å². The summed E-state index contributed by atoms with van der Waals surface area (Å²) in [7, 11) is 4.02. The van der Waals surface area contributed by atoms with Crippen molar-refractivity contribution in [1.82, 2.24) is 14.8 Å². The number of rotatable bonds is 6. The monoisotopic (exact) mass is 323 g/mol. The number of aryl methyl sites for hydroxylation is 1. The van der Waals surface area contributed by atoms with Gasteiger partial charge < -0.3 is 9.64 Å². The van der Waals surface area contributed by atoms with Crippen LogP contribution >= 0.6 is 11.3 Å². The number of hydrogen-bond acceptors (Lipinski definition) is 6. The van der Waals surface area contributed by atoms with Gasteiger partial charge in [0.25, 0.3) is 0 Å². The minimum atomic E-state index is 0.0770. The first kappa shape index (κ1) is 16.1. The summed E-state index contributed by atoms with van der Waals surface area (Å²) in [5, 5.41) is 3.25. The molecule has 22 heavy (non-hydrogen) atoms. The van der Waals surface area contributed by atoms with Crippen LogP contribution in [0.1, 0.15) is 23.5 Å². The molecule has 122 valence electrons. The van der Waals surface area contributed by atoms with Crippen molar-refractivity contribution in [2.45, 2.75) is 38.5 Å². The highest BCUT2D eigenvalue weighted by molar-refractivity contribution is 7.09. The Bertz CT molecular complexity index is 531. The van der Waals surface area contributed by atoms with Gasteiger partial charge >= 0.3 is 0 Å². The Morgan fingerprint density at radius 2 is 2.32 bits per heavy atom. The molecule has 3 unspecified atom stereocenters. The highest BCUT2D eigenvalue weighted by atomic mass is 32.1. The Labute approximate surface area is 136 Å². The molecule has 5 nitrogen and oxygen atoms in total. The van der Waals surface area contributed by atoms with Crippen molar-refractivity contribution in [3.63, 3.8) is 0 Å². The third-order valence-corrected chi connectivity index (χ3v) is 5.33. The lowest BCUT2D eigenvalue weighted by Gasteiger charge is -2.32. The number of nitrogens with zero attached hydrogens (tertiary/aromatic N) is 3. The molecular weight excluding hydrogens is 298 g/mol. The molecule has 2 aliphatic heterocycles. The molecule has 0 amide bonds. The third kappa shape index (κ3) is 3.74. The minimum absolute atomic E-state index is 0.0770. The van der Waals surface area contributed by atoms with Crippen molar-refractivity contribution in [3.05, 3.63) is 16.1 Å². The quantitative estimate of drug-likeness (QED) is 0.795. The number of ketones is 1. The summed E-state index contributed by atoms with van der Waals surface area (Å²) in [5.41, 5.74) is 1.14. The first-order valence-corrected chi connectivity index (χ1v) is 8.85. The van der Waals surface area contributed by atoms with Crippen LogP contribution in [-0.2, 0) is 16.1 Å². The number of likely N-dealkylation sites (tertiary alicyclic amines) is 1. The molecule has 2 fully saturated rings. The van der Waals surface area contributed by atoms with Gasteiger partial charge in [0, 0.05) is 43.9 Å². The van der Waals surface area contributed by atoms with Crippen LogP contribution in [0, 0.1) is 12.8 Å². The first-order valence-electron chi connectivity index (χ1n) is 7.97. The van der Waals surface area contributed by atoms with Gasteiger partial charge in [-0.15, -0.1) is 11.3 Å². The second-order valence-electron chi connectivity index (χ2n) is 6.71. The zero-order valence-electron chi connectivity index (χ0n) is 13.6. The van der Waals surface area contributed by atoms with Gasteiger partial charge in [-0.25, -0.2) is 4.98 Å². The predicted octanol–water partition coefficient (Wildman–Crippen LogP) is 1.56. The highest BCUT2D eigenvalue weighted by Crippen LogP contribution is 2.33. The van der Waals surface area contributed by atoms with Crippen molar-refractivity contribution in [3.8, 4) is 0 Å². The maximum atomic E-state index is 12.4. The highest BCUT2D eigenvalue weighted by Gasteiger charge is 2.44. The van der Waals surface area contributed by atoms with Gasteiger partial charge in [-0.3, -0.25) is 9.69 Å². The average molecular weight is 323 g/mol. The van der Waals surface area contributed by atoms with E-state index in [-0.39, 0.29) is 18.1 Å². The van der Waals surface area contributed by atoms with E-state index in [9.17, 15) is 4.79 Å². The number of ether oxygens (including phenoxy) is 1. The second kappa shape index (κ2) is 6.74. The summed E-state index contributed by atoms with van der Waals surface area (Å²) in [6.07, 6.45) is 1.82. The van der Waals surface area contributed by atoms with Crippen LogP contribution < -0.4 is 0 Å². The van der Waals surface area contributed by atoms with Gasteiger partial charge in [0.15, 0.2) is 0 Å². The number of carbonyl (C=O) groups is 1. The fourth-order valence-electron chi connectivity index (χ4n) is 3.43. The predicted molar refractivity (Wildman–Crippen MR) is 87.1 cm³/mol. The SMILES string of the molecule is Cc1nc(CN2CC3CC(C(=O)CCN(C)C)C(C2)O3)cs1. The molecule has 6 heteroatoms. The van der Waals surface area contributed by atoms with Crippen molar-refractivity contribution < 1.29 is 9.53 Å². The minimum Gasteiger partial charge on any atom is -0.372 e. The van der Waals surface area contributed by atoms with Gasteiger partial charge in [0.1, 0.15) is 5.78 Å². The summed E-state index contributed by atoms with van der Waals surface area (Å²) in [6, 6.07) is 0. The Hall–Kier alpha value is -0.820. The average Bonchev–Trinajstić information content (AvgIpc) is 2.99. The number of morpholine rings is 1. The van der Waals surface area contributed by atoms with Gasteiger partial charge in [0.2, 0.25) is 0 Å². The van der Waals surface area contributed by atoms with E-state index in [1.54, 1.807) is 11.3 Å². The van der Waals surface area contributed by atoms with Crippen molar-refractivity contribution in [2.75, 3.05) is 33.7 Å². The van der Waals surface area contributed by atoms with Crippen LogP contribution in [0.5, 0.6) is 0 Å². The van der Waals surface area contributed by atoms with E-state index >= 15 is 0 Å². The summed E-state index contributed by atoms with van der Waals surface area (Å²) in [6.45, 7) is 5.51. The lowest BCUT2D eigenvalue weighted by molar-refractivity contribution is -0.126. The van der Waals surface area contributed by atoms with Crippen LogP contribution in [-0.4, -0.2) is 66.5 Å². The Kier molecular flexibility index (Phi) is 4.92. The van der Waals surface area contributed by atoms with Crippen molar-refractivity contribution >= 4 is 17.1 Å². The molecule has 1 aromatic heterocycles. The number of fused-ring (bicyclic) bond motifs is 2. The first-order chi connectivity index (χ1) is 10.5. The summed E-state index contributed by atoms with van der Waals surface area (Å²) in [4.78, 5) is 21.4. The van der Waals surface area contributed by atoms with Crippen LogP contribution in [0.2, 0.25) is 0 Å². The molecule has 0 N–H and O–H groups in total. The summed E-state index contributed by atoms with van der Waals surface area (Å²) >= 11 is 1.70. The molecule has 2 aliphatic rings. The van der Waals surface area contributed by atoms with Gasteiger partial charge in [-0.1, -0.05) is 0 Å². The van der Waals surface area contributed by atoms with E-state index in [1.165, 1.54) is 0 Å². The Balaban J connectivity index is 1.56. The molecule has 0 aromatic carbocycles. The third-order valence-electron chi connectivity index (χ3n) is 4.50. The van der Waals surface area contributed by atoms with E-state index in [1.807, 2.05) is 21.0 Å². The van der Waals surface area contributed by atoms with Crippen LogP contribution in [0.3, 0.4) is 0 Å². The maximum Gasteiger partial charge on any atom is 0.139 e. The molecular formula is C16H25N3O2S. The van der Waals surface area contributed by atoms with Crippen LogP contribution in [0.15, 0.2) is 5.38 Å². The van der Waals surface area contributed by atoms with E-state index in [2.05, 4.69) is 20.2 Å². The van der Waals surface area contributed by atoms with Crippen molar-refractivity contribution in [1.29, 1.82) is 0 Å². The van der Waals surface area contributed by atoms with E-state index in [0.717, 1.165) is 43.3 Å². The molecule has 2 bridgehead atoms. The summed E-state index contributed by atoms with van der Waals surface area (Å²) in [5.74, 6) is 0.458. The lowest BCUT2D eigenvalue weighted by atomic mass is 9.93. The standard InChI is InChI=1S/C16H25N3O2S/c1-11-17-12(10-22-11)7-19-8-13-6-14(16(9-19)21-13)15(20)4-5-18(2)3/h10,13-14,16H,4-9H2,1-3H3. The lowest BCUT2D eigenvalue weighted by Crippen LogP contribution is -2.43. The zero-order chi connectivity index (χ0) is 15.7. The molecule has 3 rings (SSSR count). The van der Waals surface area contributed by atoms with E-state index < -0.39 is 0 Å². The van der Waals surface area contributed by atoms with Gasteiger partial charge in [-0.05, 0) is 27.4 Å². The van der Waals surface area contributed by atoms with Crippen LogP contribution in [0.25, 0.3) is 0 Å². The zero-order valence-corrected chi connectivity index (χ0v) is 14.4. The number of carbonyl (C=O) groups excluding carboxylic acids is 1. The number of thiazole rings is 1. The van der Waals surface area contributed by atoms with E-state index in [4.69, 9.17) is 4.74 Å². The molecule has 1 aromatic rings. The second-order valence-corrected chi connectivity index (χ2v) is 7.77. The molecule has 2 saturated heterocycles. The fraction of sp³-hybridized carbons (Fsp3) is 0.750. The smallest absolute Gasteiger partial charge is 0.139 e.